The van der Waals surface area contributed by atoms with Crippen molar-refractivity contribution in [2.75, 3.05) is 6.61 Å². The lowest BCUT2D eigenvalue weighted by Crippen LogP contribution is -2.03. The molecular formula is C18H30O6. The van der Waals surface area contributed by atoms with Gasteiger partial charge in [0.2, 0.25) is 0 Å². The predicted octanol–water partition coefficient (Wildman–Crippen LogP) is 4.00. The van der Waals surface area contributed by atoms with Crippen LogP contribution in [0.5, 0.6) is 0 Å². The third-order valence-electron chi connectivity index (χ3n) is 2.85. The number of rotatable bonds is 12. The Hall–Kier alpha value is -2.11. The maximum atomic E-state index is 11.0. The van der Waals surface area contributed by atoms with Crippen LogP contribution in [0.3, 0.4) is 0 Å². The third kappa shape index (κ3) is 24.9. The summed E-state index contributed by atoms with van der Waals surface area (Å²) in [7, 11) is 0. The van der Waals surface area contributed by atoms with Crippen LogP contribution in [0.4, 0.5) is 0 Å². The zero-order valence-electron chi connectivity index (χ0n) is 14.8. The van der Waals surface area contributed by atoms with Gasteiger partial charge in [-0.05, 0) is 6.42 Å². The van der Waals surface area contributed by atoms with Gasteiger partial charge in [0, 0.05) is 19.1 Å². The molecule has 0 aliphatic heterocycles. The van der Waals surface area contributed by atoms with Crippen molar-refractivity contribution in [3.8, 4) is 0 Å². The van der Waals surface area contributed by atoms with E-state index in [0.29, 0.717) is 6.61 Å². The van der Waals surface area contributed by atoms with Crippen molar-refractivity contribution in [3.05, 3.63) is 25.0 Å². The zero-order valence-corrected chi connectivity index (χ0v) is 14.8. The SMILES string of the molecule is C=COC(C)=O.CCCCCCCCCCOC(=O)C=CC(=O)O. The largest absolute Gasteiger partial charge is 0.478 e. The lowest BCUT2D eigenvalue weighted by molar-refractivity contribution is -0.139. The average molecular weight is 342 g/mol. The van der Waals surface area contributed by atoms with Crippen LogP contribution in [0.25, 0.3) is 0 Å². The van der Waals surface area contributed by atoms with Gasteiger partial charge >= 0.3 is 17.9 Å². The molecule has 138 valence electrons. The van der Waals surface area contributed by atoms with Crippen molar-refractivity contribution < 1.29 is 29.0 Å². The summed E-state index contributed by atoms with van der Waals surface area (Å²) in [6, 6.07) is 0. The van der Waals surface area contributed by atoms with Crippen molar-refractivity contribution >= 4 is 17.9 Å². The zero-order chi connectivity index (χ0) is 18.6. The summed E-state index contributed by atoms with van der Waals surface area (Å²) < 4.78 is 9.02. The molecule has 0 saturated heterocycles. The molecule has 6 heteroatoms. The number of esters is 2. The summed E-state index contributed by atoms with van der Waals surface area (Å²) in [5.41, 5.74) is 0. The average Bonchev–Trinajstić information content (AvgIpc) is 2.52. The first-order chi connectivity index (χ1) is 11.4. The Kier molecular flexibility index (Phi) is 19.1. The minimum absolute atomic E-state index is 0.329. The Balaban J connectivity index is 0. The van der Waals surface area contributed by atoms with Crippen LogP contribution in [0.2, 0.25) is 0 Å². The van der Waals surface area contributed by atoms with E-state index >= 15 is 0 Å². The maximum Gasteiger partial charge on any atom is 0.331 e. The molecule has 0 aromatic carbocycles. The molecule has 0 unspecified atom stereocenters. The fraction of sp³-hybridized carbons (Fsp3) is 0.611. The molecule has 0 fully saturated rings. The Morgan fingerprint density at radius 2 is 1.50 bits per heavy atom. The van der Waals surface area contributed by atoms with Crippen molar-refractivity contribution in [1.82, 2.24) is 0 Å². The summed E-state index contributed by atoms with van der Waals surface area (Å²) in [6.07, 6.45) is 12.3. The van der Waals surface area contributed by atoms with E-state index in [1.807, 2.05) is 0 Å². The highest BCUT2D eigenvalue weighted by molar-refractivity contribution is 5.90. The van der Waals surface area contributed by atoms with E-state index in [2.05, 4.69) is 18.2 Å². The smallest absolute Gasteiger partial charge is 0.331 e. The fourth-order valence-corrected chi connectivity index (χ4v) is 1.71. The van der Waals surface area contributed by atoms with Crippen molar-refractivity contribution in [1.29, 1.82) is 0 Å². The lowest BCUT2D eigenvalue weighted by atomic mass is 10.1. The van der Waals surface area contributed by atoms with Crippen LogP contribution >= 0.6 is 0 Å². The molecule has 0 rings (SSSR count). The number of carboxylic acid groups (broad SMARTS) is 1. The number of ether oxygens (including phenoxy) is 2. The second kappa shape index (κ2) is 18.9. The maximum absolute atomic E-state index is 11.0. The molecule has 1 N–H and O–H groups in total. The predicted molar refractivity (Wildman–Crippen MR) is 92.3 cm³/mol. The van der Waals surface area contributed by atoms with E-state index < -0.39 is 11.9 Å². The number of hydrogen-bond acceptors (Lipinski definition) is 5. The van der Waals surface area contributed by atoms with Gasteiger partial charge in [-0.25, -0.2) is 9.59 Å². The second-order valence-electron chi connectivity index (χ2n) is 5.09. The molecule has 0 bridgehead atoms. The van der Waals surface area contributed by atoms with Crippen molar-refractivity contribution in [2.45, 2.75) is 65.2 Å². The molecular weight excluding hydrogens is 312 g/mol. The molecule has 0 heterocycles. The first kappa shape index (κ1) is 24.1. The molecule has 0 aliphatic carbocycles. The van der Waals surface area contributed by atoms with Crippen LogP contribution in [0, 0.1) is 0 Å². The minimum Gasteiger partial charge on any atom is -0.478 e. The van der Waals surface area contributed by atoms with E-state index in [1.165, 1.54) is 45.4 Å². The quantitative estimate of drug-likeness (QED) is 0.249. The molecule has 0 radical (unpaired) electrons. The molecule has 24 heavy (non-hydrogen) atoms. The Morgan fingerprint density at radius 1 is 0.958 bits per heavy atom. The Morgan fingerprint density at radius 3 is 1.92 bits per heavy atom. The summed E-state index contributed by atoms with van der Waals surface area (Å²) >= 11 is 0. The van der Waals surface area contributed by atoms with Crippen LogP contribution in [-0.4, -0.2) is 29.6 Å². The topological polar surface area (TPSA) is 89.9 Å². The third-order valence-corrected chi connectivity index (χ3v) is 2.85. The summed E-state index contributed by atoms with van der Waals surface area (Å²) in [6.45, 7) is 7.05. The fourth-order valence-electron chi connectivity index (χ4n) is 1.71. The van der Waals surface area contributed by atoms with Crippen LogP contribution in [-0.2, 0) is 23.9 Å². The van der Waals surface area contributed by atoms with E-state index in [4.69, 9.17) is 9.84 Å². The monoisotopic (exact) mass is 342 g/mol. The van der Waals surface area contributed by atoms with Gasteiger partial charge in [-0.3, -0.25) is 4.79 Å². The first-order valence-corrected chi connectivity index (χ1v) is 8.29. The number of carbonyl (C=O) groups excluding carboxylic acids is 2. The standard InChI is InChI=1S/C14H24O4.C4H6O2/c1-2-3-4-5-6-7-8-9-12-18-14(17)11-10-13(15)16;1-3-6-4(2)5/h10-11H,2-9,12H2,1H3,(H,15,16);3H,1H2,2H3. The van der Waals surface area contributed by atoms with Crippen molar-refractivity contribution in [3.63, 3.8) is 0 Å². The number of aliphatic carboxylic acids is 1. The van der Waals surface area contributed by atoms with Crippen molar-refractivity contribution in [2.24, 2.45) is 0 Å². The summed E-state index contributed by atoms with van der Waals surface area (Å²) in [5, 5.41) is 8.30. The molecule has 0 aromatic heterocycles. The summed E-state index contributed by atoms with van der Waals surface area (Å²) in [4.78, 5) is 30.9. The van der Waals surface area contributed by atoms with Gasteiger partial charge in [-0.1, -0.05) is 58.4 Å². The first-order valence-electron chi connectivity index (χ1n) is 8.29. The number of hydrogen-bond donors (Lipinski definition) is 1. The molecule has 0 spiro atoms. The number of unbranched alkanes of at least 4 members (excludes halogenated alkanes) is 7. The normalized spacial score (nSPS) is 9.75. The second-order valence-corrected chi connectivity index (χ2v) is 5.09. The van der Waals surface area contributed by atoms with E-state index in [-0.39, 0.29) is 5.97 Å². The highest BCUT2D eigenvalue weighted by Gasteiger charge is 1.98. The van der Waals surface area contributed by atoms with Crippen LogP contribution < -0.4 is 0 Å². The lowest BCUT2D eigenvalue weighted by Gasteiger charge is -2.02. The van der Waals surface area contributed by atoms with E-state index in [9.17, 15) is 14.4 Å². The molecule has 0 aliphatic rings. The molecule has 0 aromatic rings. The number of carbonyl (C=O) groups is 3. The number of carboxylic acids is 1. The van der Waals surface area contributed by atoms with Gasteiger partial charge in [0.25, 0.3) is 0 Å². The Bertz CT molecular complexity index is 387. The van der Waals surface area contributed by atoms with Crippen LogP contribution in [0.15, 0.2) is 25.0 Å². The molecule has 0 amide bonds. The van der Waals surface area contributed by atoms with Crippen LogP contribution in [0.1, 0.15) is 65.2 Å². The minimum atomic E-state index is -1.14. The highest BCUT2D eigenvalue weighted by atomic mass is 16.5. The van der Waals surface area contributed by atoms with E-state index in [0.717, 1.165) is 31.3 Å². The molecule has 6 nitrogen and oxygen atoms in total. The van der Waals surface area contributed by atoms with Gasteiger partial charge in [-0.15, -0.1) is 0 Å². The van der Waals surface area contributed by atoms with Gasteiger partial charge < -0.3 is 14.6 Å². The Labute approximate surface area is 144 Å². The van der Waals surface area contributed by atoms with Gasteiger partial charge in [0.1, 0.15) is 0 Å². The molecule has 0 saturated carbocycles. The van der Waals surface area contributed by atoms with E-state index in [1.54, 1.807) is 0 Å². The summed E-state index contributed by atoms with van der Waals surface area (Å²) in [5.74, 6) is -2.05. The van der Waals surface area contributed by atoms with Gasteiger partial charge in [-0.2, -0.15) is 0 Å². The molecule has 0 atom stereocenters. The van der Waals surface area contributed by atoms with Gasteiger partial charge in [0.15, 0.2) is 0 Å². The highest BCUT2D eigenvalue weighted by Crippen LogP contribution is 2.08. The van der Waals surface area contributed by atoms with Gasteiger partial charge in [0.05, 0.1) is 12.9 Å².